The predicted molar refractivity (Wildman–Crippen MR) is 64.8 cm³/mol. The monoisotopic (exact) mass is 236 g/mol. The van der Waals surface area contributed by atoms with Crippen LogP contribution in [0.5, 0.6) is 0 Å². The molecule has 0 radical (unpaired) electrons. The first-order valence-electron chi connectivity index (χ1n) is 5.13. The molecule has 0 bridgehead atoms. The van der Waals surface area contributed by atoms with Gasteiger partial charge in [0.25, 0.3) is 0 Å². The number of benzene rings is 1. The van der Waals surface area contributed by atoms with Gasteiger partial charge in [-0.25, -0.2) is 9.97 Å². The SMILES string of the molecule is COCC(Cl)Cc1ncnc2ccccc12. The van der Waals surface area contributed by atoms with Gasteiger partial charge in [0.15, 0.2) is 0 Å². The molecular formula is C12H13ClN2O. The van der Waals surface area contributed by atoms with E-state index in [4.69, 9.17) is 16.3 Å². The lowest BCUT2D eigenvalue weighted by Crippen LogP contribution is -2.12. The summed E-state index contributed by atoms with van der Waals surface area (Å²) < 4.78 is 5.01. The fraction of sp³-hybridized carbons (Fsp3) is 0.333. The molecule has 1 atom stereocenters. The van der Waals surface area contributed by atoms with Gasteiger partial charge >= 0.3 is 0 Å². The molecule has 0 fully saturated rings. The summed E-state index contributed by atoms with van der Waals surface area (Å²) in [6.07, 6.45) is 2.27. The molecule has 84 valence electrons. The summed E-state index contributed by atoms with van der Waals surface area (Å²) in [4.78, 5) is 8.49. The Labute approximate surface area is 99.4 Å². The number of para-hydroxylation sites is 1. The van der Waals surface area contributed by atoms with E-state index in [0.29, 0.717) is 13.0 Å². The highest BCUT2D eigenvalue weighted by Crippen LogP contribution is 2.16. The van der Waals surface area contributed by atoms with Gasteiger partial charge in [-0.15, -0.1) is 11.6 Å². The number of aromatic nitrogens is 2. The van der Waals surface area contributed by atoms with E-state index in [1.165, 1.54) is 0 Å². The molecule has 3 nitrogen and oxygen atoms in total. The summed E-state index contributed by atoms with van der Waals surface area (Å²) in [6.45, 7) is 0.528. The zero-order valence-corrected chi connectivity index (χ0v) is 9.81. The molecule has 0 saturated heterocycles. The van der Waals surface area contributed by atoms with Crippen LogP contribution in [0, 0.1) is 0 Å². The lowest BCUT2D eigenvalue weighted by molar-refractivity contribution is 0.197. The van der Waals surface area contributed by atoms with Crippen molar-refractivity contribution < 1.29 is 4.74 Å². The number of hydrogen-bond donors (Lipinski definition) is 0. The van der Waals surface area contributed by atoms with Gasteiger partial charge in [-0.2, -0.15) is 0 Å². The van der Waals surface area contributed by atoms with Gasteiger partial charge in [0.05, 0.1) is 23.2 Å². The van der Waals surface area contributed by atoms with E-state index < -0.39 is 0 Å². The van der Waals surface area contributed by atoms with Crippen molar-refractivity contribution in [2.45, 2.75) is 11.8 Å². The third-order valence-corrected chi connectivity index (χ3v) is 2.67. The molecule has 4 heteroatoms. The van der Waals surface area contributed by atoms with Gasteiger partial charge in [0.1, 0.15) is 6.33 Å². The number of fused-ring (bicyclic) bond motifs is 1. The van der Waals surface area contributed by atoms with E-state index in [0.717, 1.165) is 16.6 Å². The van der Waals surface area contributed by atoms with E-state index in [1.807, 2.05) is 24.3 Å². The highest BCUT2D eigenvalue weighted by molar-refractivity contribution is 6.20. The Hall–Kier alpha value is -1.19. The van der Waals surface area contributed by atoms with Crippen LogP contribution in [0.25, 0.3) is 10.9 Å². The average Bonchev–Trinajstić information content (AvgIpc) is 2.30. The summed E-state index contributed by atoms with van der Waals surface area (Å²) in [5.41, 5.74) is 1.93. The third-order valence-electron chi connectivity index (χ3n) is 2.39. The minimum atomic E-state index is -0.0525. The van der Waals surface area contributed by atoms with Gasteiger partial charge in [0.2, 0.25) is 0 Å². The fourth-order valence-electron chi connectivity index (χ4n) is 1.67. The smallest absolute Gasteiger partial charge is 0.116 e. The average molecular weight is 237 g/mol. The van der Waals surface area contributed by atoms with E-state index in [9.17, 15) is 0 Å². The number of methoxy groups -OCH3 is 1. The molecule has 1 heterocycles. The first-order valence-corrected chi connectivity index (χ1v) is 5.56. The zero-order chi connectivity index (χ0) is 11.4. The topological polar surface area (TPSA) is 35.0 Å². The molecule has 0 aliphatic heterocycles. The quantitative estimate of drug-likeness (QED) is 0.765. The Morgan fingerprint density at radius 2 is 2.12 bits per heavy atom. The van der Waals surface area contributed by atoms with Crippen molar-refractivity contribution in [1.29, 1.82) is 0 Å². The second-order valence-electron chi connectivity index (χ2n) is 3.59. The Morgan fingerprint density at radius 1 is 1.31 bits per heavy atom. The zero-order valence-electron chi connectivity index (χ0n) is 9.06. The molecular weight excluding hydrogens is 224 g/mol. The first kappa shape index (κ1) is 11.3. The van der Waals surface area contributed by atoms with Crippen molar-refractivity contribution in [1.82, 2.24) is 9.97 Å². The van der Waals surface area contributed by atoms with E-state index in [-0.39, 0.29) is 5.38 Å². The molecule has 0 saturated carbocycles. The Bertz CT molecular complexity index is 470. The van der Waals surface area contributed by atoms with Crippen molar-refractivity contribution in [2.24, 2.45) is 0 Å². The summed E-state index contributed by atoms with van der Waals surface area (Å²) >= 11 is 6.13. The van der Waals surface area contributed by atoms with Crippen LogP contribution in [-0.4, -0.2) is 29.1 Å². The van der Waals surface area contributed by atoms with E-state index in [2.05, 4.69) is 9.97 Å². The molecule has 0 aliphatic carbocycles. The summed E-state index contributed by atoms with van der Waals surface area (Å²) in [6, 6.07) is 7.93. The van der Waals surface area contributed by atoms with Gasteiger partial charge in [-0.3, -0.25) is 0 Å². The van der Waals surface area contributed by atoms with E-state index >= 15 is 0 Å². The van der Waals surface area contributed by atoms with Crippen molar-refractivity contribution in [3.8, 4) is 0 Å². The maximum atomic E-state index is 6.13. The summed E-state index contributed by atoms with van der Waals surface area (Å²) in [5.74, 6) is 0. The molecule has 2 aromatic rings. The highest BCUT2D eigenvalue weighted by Gasteiger charge is 2.09. The normalized spacial score (nSPS) is 12.9. The maximum absolute atomic E-state index is 6.13. The number of hydrogen-bond acceptors (Lipinski definition) is 3. The number of nitrogens with zero attached hydrogens (tertiary/aromatic N) is 2. The number of halogens is 1. The van der Waals surface area contributed by atoms with Crippen LogP contribution in [0.4, 0.5) is 0 Å². The van der Waals surface area contributed by atoms with Gasteiger partial charge in [-0.05, 0) is 6.07 Å². The van der Waals surface area contributed by atoms with Crippen molar-refractivity contribution in [3.63, 3.8) is 0 Å². The van der Waals surface area contributed by atoms with Gasteiger partial charge in [-0.1, -0.05) is 18.2 Å². The molecule has 2 rings (SSSR count). The summed E-state index contributed by atoms with van der Waals surface area (Å²) in [7, 11) is 1.65. The maximum Gasteiger partial charge on any atom is 0.116 e. The van der Waals surface area contributed by atoms with E-state index in [1.54, 1.807) is 13.4 Å². The first-order chi connectivity index (χ1) is 7.81. The number of alkyl halides is 1. The van der Waals surface area contributed by atoms with Crippen LogP contribution in [0.2, 0.25) is 0 Å². The second-order valence-corrected chi connectivity index (χ2v) is 4.21. The van der Waals surface area contributed by atoms with Crippen LogP contribution < -0.4 is 0 Å². The molecule has 16 heavy (non-hydrogen) atoms. The highest BCUT2D eigenvalue weighted by atomic mass is 35.5. The van der Waals surface area contributed by atoms with Crippen LogP contribution in [-0.2, 0) is 11.2 Å². The molecule has 0 aliphatic rings. The Balaban J connectivity index is 2.30. The minimum absolute atomic E-state index is 0.0525. The van der Waals surface area contributed by atoms with Gasteiger partial charge in [0, 0.05) is 18.9 Å². The minimum Gasteiger partial charge on any atom is -0.383 e. The molecule has 1 aromatic carbocycles. The van der Waals surface area contributed by atoms with Gasteiger partial charge < -0.3 is 4.74 Å². The summed E-state index contributed by atoms with van der Waals surface area (Å²) in [5, 5.41) is 1.01. The van der Waals surface area contributed by atoms with Crippen LogP contribution >= 0.6 is 11.6 Å². The standard InChI is InChI=1S/C12H13ClN2O/c1-16-7-9(13)6-12-10-4-2-3-5-11(10)14-8-15-12/h2-5,8-9H,6-7H2,1H3. The van der Waals surface area contributed by atoms with Crippen molar-refractivity contribution in [3.05, 3.63) is 36.3 Å². The van der Waals surface area contributed by atoms with Crippen molar-refractivity contribution in [2.75, 3.05) is 13.7 Å². The van der Waals surface area contributed by atoms with Crippen molar-refractivity contribution >= 4 is 22.5 Å². The van der Waals surface area contributed by atoms with Crippen LogP contribution in [0.15, 0.2) is 30.6 Å². The predicted octanol–water partition coefficient (Wildman–Crippen LogP) is 2.43. The molecule has 0 spiro atoms. The van der Waals surface area contributed by atoms with Crippen LogP contribution in [0.3, 0.4) is 0 Å². The number of rotatable bonds is 4. The largest absolute Gasteiger partial charge is 0.383 e. The molecule has 0 amide bonds. The Morgan fingerprint density at radius 3 is 2.94 bits per heavy atom. The molecule has 0 N–H and O–H groups in total. The van der Waals surface area contributed by atoms with Crippen LogP contribution in [0.1, 0.15) is 5.69 Å². The lowest BCUT2D eigenvalue weighted by atomic mass is 10.1. The molecule has 1 unspecified atom stereocenters. The number of ether oxygens (including phenoxy) is 1. The molecule has 1 aromatic heterocycles. The lowest BCUT2D eigenvalue weighted by Gasteiger charge is -2.09. The second kappa shape index (κ2) is 5.23. The Kier molecular flexibility index (Phi) is 3.70. The fourth-order valence-corrected chi connectivity index (χ4v) is 1.94. The third kappa shape index (κ3) is 2.49.